The van der Waals surface area contributed by atoms with Crippen LogP contribution >= 0.6 is 0 Å². The Morgan fingerprint density at radius 2 is 1.83 bits per heavy atom. The van der Waals surface area contributed by atoms with Crippen LogP contribution in [0.2, 0.25) is 0 Å². The van der Waals surface area contributed by atoms with Gasteiger partial charge in [-0.3, -0.25) is 0 Å². The molecule has 2 heteroatoms. The van der Waals surface area contributed by atoms with Crippen LogP contribution in [0, 0.1) is 12.8 Å². The fourth-order valence-electron chi connectivity index (χ4n) is 2.97. The van der Waals surface area contributed by atoms with E-state index in [1.807, 2.05) is 12.1 Å². The van der Waals surface area contributed by atoms with E-state index in [1.54, 1.807) is 7.11 Å². The zero-order valence-corrected chi connectivity index (χ0v) is 11.5. The lowest BCUT2D eigenvalue weighted by molar-refractivity contribution is 0.0960. The topological polar surface area (TPSA) is 29.5 Å². The van der Waals surface area contributed by atoms with Crippen LogP contribution in [0.3, 0.4) is 0 Å². The van der Waals surface area contributed by atoms with E-state index in [0.29, 0.717) is 5.92 Å². The number of rotatable bonds is 3. The van der Waals surface area contributed by atoms with Crippen molar-refractivity contribution >= 4 is 0 Å². The molecule has 18 heavy (non-hydrogen) atoms. The zero-order chi connectivity index (χ0) is 13.0. The molecule has 2 nitrogen and oxygen atoms in total. The molecule has 100 valence electrons. The number of aryl methyl sites for hydroxylation is 1. The SMILES string of the molecule is COc1ccc(C)cc1C(O)C1CCCCCC1. The van der Waals surface area contributed by atoms with E-state index >= 15 is 0 Å². The van der Waals surface area contributed by atoms with Crippen LogP contribution in [0.15, 0.2) is 18.2 Å². The summed E-state index contributed by atoms with van der Waals surface area (Å²) in [7, 11) is 1.67. The van der Waals surface area contributed by atoms with Gasteiger partial charge in [-0.15, -0.1) is 0 Å². The summed E-state index contributed by atoms with van der Waals surface area (Å²) >= 11 is 0. The smallest absolute Gasteiger partial charge is 0.124 e. The van der Waals surface area contributed by atoms with Crippen LogP contribution < -0.4 is 4.74 Å². The molecular weight excluding hydrogens is 224 g/mol. The summed E-state index contributed by atoms with van der Waals surface area (Å²) in [5, 5.41) is 10.6. The van der Waals surface area contributed by atoms with Crippen LogP contribution in [0.4, 0.5) is 0 Å². The number of aliphatic hydroxyl groups is 1. The molecule has 0 amide bonds. The Hall–Kier alpha value is -1.02. The van der Waals surface area contributed by atoms with Crippen LogP contribution in [0.5, 0.6) is 5.75 Å². The molecule has 1 saturated carbocycles. The van der Waals surface area contributed by atoms with Crippen LogP contribution in [0.25, 0.3) is 0 Å². The summed E-state index contributed by atoms with van der Waals surface area (Å²) in [5.41, 5.74) is 2.14. The normalized spacial score (nSPS) is 19.3. The Morgan fingerprint density at radius 3 is 2.44 bits per heavy atom. The number of ether oxygens (including phenoxy) is 1. The lowest BCUT2D eigenvalue weighted by atomic mass is 9.88. The Morgan fingerprint density at radius 1 is 1.17 bits per heavy atom. The van der Waals surface area contributed by atoms with Gasteiger partial charge in [0.2, 0.25) is 0 Å². The molecule has 1 aliphatic carbocycles. The van der Waals surface area contributed by atoms with Gasteiger partial charge in [0.25, 0.3) is 0 Å². The predicted molar refractivity (Wildman–Crippen MR) is 73.9 cm³/mol. The Labute approximate surface area is 110 Å². The maximum Gasteiger partial charge on any atom is 0.124 e. The summed E-state index contributed by atoms with van der Waals surface area (Å²) in [6.07, 6.45) is 7.02. The van der Waals surface area contributed by atoms with E-state index in [0.717, 1.165) is 24.2 Å². The standard InChI is InChI=1S/C16H24O2/c1-12-9-10-15(18-2)14(11-12)16(17)13-7-5-3-4-6-8-13/h9-11,13,16-17H,3-8H2,1-2H3. The monoisotopic (exact) mass is 248 g/mol. The van der Waals surface area contributed by atoms with Crippen LogP contribution in [-0.4, -0.2) is 12.2 Å². The van der Waals surface area contributed by atoms with Gasteiger partial charge in [0.1, 0.15) is 5.75 Å². The minimum Gasteiger partial charge on any atom is -0.496 e. The van der Waals surface area contributed by atoms with E-state index in [1.165, 1.54) is 31.2 Å². The fraction of sp³-hybridized carbons (Fsp3) is 0.625. The highest BCUT2D eigenvalue weighted by Gasteiger charge is 2.24. The van der Waals surface area contributed by atoms with Gasteiger partial charge in [0.15, 0.2) is 0 Å². The molecule has 1 aromatic rings. The van der Waals surface area contributed by atoms with Gasteiger partial charge in [-0.25, -0.2) is 0 Å². The molecule has 0 saturated heterocycles. The summed E-state index contributed by atoms with van der Waals surface area (Å²) in [6, 6.07) is 6.06. The van der Waals surface area contributed by atoms with Crippen molar-refractivity contribution < 1.29 is 9.84 Å². The number of hydrogen-bond donors (Lipinski definition) is 1. The zero-order valence-electron chi connectivity index (χ0n) is 11.5. The van der Waals surface area contributed by atoms with Gasteiger partial charge in [-0.2, -0.15) is 0 Å². The minimum absolute atomic E-state index is 0.377. The molecular formula is C16H24O2. The maximum absolute atomic E-state index is 10.6. The highest BCUT2D eigenvalue weighted by Crippen LogP contribution is 2.37. The maximum atomic E-state index is 10.6. The van der Waals surface area contributed by atoms with Crippen LogP contribution in [-0.2, 0) is 0 Å². The van der Waals surface area contributed by atoms with Crippen molar-refractivity contribution in [1.29, 1.82) is 0 Å². The average Bonchev–Trinajstić information content (AvgIpc) is 2.66. The number of benzene rings is 1. The molecule has 1 atom stereocenters. The summed E-state index contributed by atoms with van der Waals surface area (Å²) in [4.78, 5) is 0. The quantitative estimate of drug-likeness (QED) is 0.819. The van der Waals surface area contributed by atoms with Gasteiger partial charge in [0, 0.05) is 5.56 Å². The molecule has 0 heterocycles. The molecule has 0 radical (unpaired) electrons. The molecule has 1 fully saturated rings. The first kappa shape index (κ1) is 13.4. The summed E-state index contributed by atoms with van der Waals surface area (Å²) in [6.45, 7) is 2.06. The lowest BCUT2D eigenvalue weighted by Gasteiger charge is -2.23. The number of hydrogen-bond acceptors (Lipinski definition) is 2. The first-order chi connectivity index (χ1) is 8.72. The molecule has 1 aromatic carbocycles. The first-order valence-corrected chi connectivity index (χ1v) is 7.05. The van der Waals surface area contributed by atoms with Gasteiger partial charge in [0.05, 0.1) is 13.2 Å². The highest BCUT2D eigenvalue weighted by atomic mass is 16.5. The van der Waals surface area contributed by atoms with Crippen molar-refractivity contribution in [3.05, 3.63) is 29.3 Å². The fourth-order valence-corrected chi connectivity index (χ4v) is 2.97. The van der Waals surface area contributed by atoms with Crippen molar-refractivity contribution in [2.24, 2.45) is 5.92 Å². The van der Waals surface area contributed by atoms with E-state index in [9.17, 15) is 5.11 Å². The Kier molecular flexibility index (Phi) is 4.65. The molecule has 1 N–H and O–H groups in total. The second-order valence-electron chi connectivity index (χ2n) is 5.44. The van der Waals surface area contributed by atoms with Crippen molar-refractivity contribution in [2.45, 2.75) is 51.6 Å². The number of methoxy groups -OCH3 is 1. The first-order valence-electron chi connectivity index (χ1n) is 7.05. The lowest BCUT2D eigenvalue weighted by Crippen LogP contribution is -2.13. The van der Waals surface area contributed by atoms with E-state index in [-0.39, 0.29) is 6.10 Å². The molecule has 1 aliphatic rings. The van der Waals surface area contributed by atoms with E-state index in [4.69, 9.17) is 4.74 Å². The average molecular weight is 248 g/mol. The third-order valence-corrected chi connectivity index (χ3v) is 4.05. The van der Waals surface area contributed by atoms with Crippen molar-refractivity contribution in [3.63, 3.8) is 0 Å². The second kappa shape index (κ2) is 6.24. The molecule has 0 bridgehead atoms. The van der Waals surface area contributed by atoms with Gasteiger partial charge in [-0.1, -0.05) is 37.3 Å². The molecule has 1 unspecified atom stereocenters. The third-order valence-electron chi connectivity index (χ3n) is 4.05. The largest absolute Gasteiger partial charge is 0.496 e. The second-order valence-corrected chi connectivity index (χ2v) is 5.44. The minimum atomic E-state index is -0.377. The van der Waals surface area contributed by atoms with Crippen molar-refractivity contribution in [1.82, 2.24) is 0 Å². The summed E-state index contributed by atoms with van der Waals surface area (Å²) in [5.74, 6) is 1.21. The molecule has 0 aromatic heterocycles. The van der Waals surface area contributed by atoms with E-state index < -0.39 is 0 Å². The van der Waals surface area contributed by atoms with Crippen molar-refractivity contribution in [3.8, 4) is 5.75 Å². The number of aliphatic hydroxyl groups excluding tert-OH is 1. The Bertz CT molecular complexity index is 379. The molecule has 0 spiro atoms. The predicted octanol–water partition coefficient (Wildman–Crippen LogP) is 4.01. The van der Waals surface area contributed by atoms with Gasteiger partial charge in [-0.05, 0) is 37.8 Å². The Balaban J connectivity index is 2.20. The molecule has 2 rings (SSSR count). The van der Waals surface area contributed by atoms with E-state index in [2.05, 4.69) is 13.0 Å². The summed E-state index contributed by atoms with van der Waals surface area (Å²) < 4.78 is 5.38. The third kappa shape index (κ3) is 3.05. The van der Waals surface area contributed by atoms with Gasteiger partial charge < -0.3 is 9.84 Å². The highest BCUT2D eigenvalue weighted by molar-refractivity contribution is 5.38. The molecule has 0 aliphatic heterocycles. The van der Waals surface area contributed by atoms with Gasteiger partial charge >= 0.3 is 0 Å². The van der Waals surface area contributed by atoms with Crippen LogP contribution in [0.1, 0.15) is 55.8 Å². The van der Waals surface area contributed by atoms with Crippen molar-refractivity contribution in [2.75, 3.05) is 7.11 Å².